The fourth-order valence-corrected chi connectivity index (χ4v) is 3.14. The number of rotatable bonds is 6. The van der Waals surface area contributed by atoms with Crippen LogP contribution in [0.15, 0.2) is 40.5 Å². The van der Waals surface area contributed by atoms with Crippen molar-refractivity contribution in [3.8, 4) is 0 Å². The van der Waals surface area contributed by atoms with Crippen LogP contribution in [-0.4, -0.2) is 32.0 Å². The standard InChI is InChI=1S/C16H19N5OS/c1-11-3-4-14-13(7-11)15(22)8-12(19-14)9-17-5-6-23-16-20-18-10-21(16)2/h3-4,7-8,10,17H,5-6,9H2,1-2H3,(H,19,22). The van der Waals surface area contributed by atoms with Gasteiger partial charge in [-0.1, -0.05) is 23.4 Å². The van der Waals surface area contributed by atoms with Crippen molar-refractivity contribution in [2.24, 2.45) is 7.05 Å². The van der Waals surface area contributed by atoms with Crippen molar-refractivity contribution in [1.82, 2.24) is 25.1 Å². The Labute approximate surface area is 138 Å². The van der Waals surface area contributed by atoms with Gasteiger partial charge in [-0.25, -0.2) is 0 Å². The van der Waals surface area contributed by atoms with Crippen molar-refractivity contribution in [3.05, 3.63) is 52.1 Å². The second-order valence-electron chi connectivity index (χ2n) is 5.46. The molecule has 0 aliphatic rings. The number of hydrogen-bond donors (Lipinski definition) is 2. The van der Waals surface area contributed by atoms with Crippen LogP contribution >= 0.6 is 11.8 Å². The van der Waals surface area contributed by atoms with Crippen LogP contribution in [0, 0.1) is 6.92 Å². The summed E-state index contributed by atoms with van der Waals surface area (Å²) in [5.41, 5.74) is 2.94. The number of nitrogens with one attached hydrogen (secondary N) is 2. The largest absolute Gasteiger partial charge is 0.357 e. The van der Waals surface area contributed by atoms with Gasteiger partial charge in [-0.3, -0.25) is 4.79 Å². The molecule has 1 aromatic carbocycles. The van der Waals surface area contributed by atoms with Crippen LogP contribution in [0.2, 0.25) is 0 Å². The van der Waals surface area contributed by atoms with Gasteiger partial charge < -0.3 is 14.9 Å². The highest BCUT2D eigenvalue weighted by Crippen LogP contribution is 2.12. The van der Waals surface area contributed by atoms with E-state index in [1.807, 2.05) is 36.7 Å². The van der Waals surface area contributed by atoms with Crippen LogP contribution in [0.5, 0.6) is 0 Å². The van der Waals surface area contributed by atoms with E-state index in [2.05, 4.69) is 20.5 Å². The van der Waals surface area contributed by atoms with Crippen molar-refractivity contribution in [2.45, 2.75) is 18.6 Å². The predicted octanol–water partition coefficient (Wildman–Crippen LogP) is 1.85. The molecule has 6 nitrogen and oxygen atoms in total. The van der Waals surface area contributed by atoms with Crippen molar-refractivity contribution in [1.29, 1.82) is 0 Å². The Morgan fingerprint density at radius 3 is 3.00 bits per heavy atom. The van der Waals surface area contributed by atoms with E-state index in [0.717, 1.165) is 39.6 Å². The lowest BCUT2D eigenvalue weighted by Crippen LogP contribution is -2.19. The third-order valence-corrected chi connectivity index (χ3v) is 4.57. The highest BCUT2D eigenvalue weighted by atomic mass is 32.2. The van der Waals surface area contributed by atoms with E-state index in [4.69, 9.17) is 0 Å². The highest BCUT2D eigenvalue weighted by Gasteiger charge is 2.03. The molecule has 3 aromatic rings. The molecule has 23 heavy (non-hydrogen) atoms. The van der Waals surface area contributed by atoms with E-state index in [1.54, 1.807) is 24.2 Å². The minimum atomic E-state index is 0.0627. The molecule has 0 saturated heterocycles. The van der Waals surface area contributed by atoms with E-state index < -0.39 is 0 Å². The number of aromatic amines is 1. The van der Waals surface area contributed by atoms with Crippen LogP contribution < -0.4 is 10.7 Å². The monoisotopic (exact) mass is 329 g/mol. The van der Waals surface area contributed by atoms with Gasteiger partial charge in [0.1, 0.15) is 6.33 Å². The lowest BCUT2D eigenvalue weighted by Gasteiger charge is -2.07. The molecular weight excluding hydrogens is 310 g/mol. The number of hydrogen-bond acceptors (Lipinski definition) is 5. The summed E-state index contributed by atoms with van der Waals surface area (Å²) in [5, 5.41) is 12.9. The van der Waals surface area contributed by atoms with Crippen LogP contribution in [0.1, 0.15) is 11.3 Å². The average Bonchev–Trinajstić information content (AvgIpc) is 2.93. The number of fused-ring (bicyclic) bond motifs is 1. The predicted molar refractivity (Wildman–Crippen MR) is 92.7 cm³/mol. The SMILES string of the molecule is Cc1ccc2[nH]c(CNCCSc3nncn3C)cc(=O)c2c1. The summed E-state index contributed by atoms with van der Waals surface area (Å²) in [5.74, 6) is 0.892. The molecule has 0 aliphatic heterocycles. The minimum absolute atomic E-state index is 0.0627. The third kappa shape index (κ3) is 3.80. The molecule has 3 rings (SSSR count). The molecule has 0 aliphatic carbocycles. The molecule has 2 heterocycles. The maximum atomic E-state index is 12.2. The first-order valence-electron chi connectivity index (χ1n) is 7.43. The Hall–Kier alpha value is -2.12. The molecular formula is C16H19N5OS. The molecule has 120 valence electrons. The first-order valence-corrected chi connectivity index (χ1v) is 8.42. The van der Waals surface area contributed by atoms with Gasteiger partial charge in [0.25, 0.3) is 0 Å². The van der Waals surface area contributed by atoms with Crippen molar-refractivity contribution in [2.75, 3.05) is 12.3 Å². The summed E-state index contributed by atoms with van der Waals surface area (Å²) in [6.45, 7) is 3.45. The van der Waals surface area contributed by atoms with Crippen LogP contribution in [-0.2, 0) is 13.6 Å². The normalized spacial score (nSPS) is 11.2. The molecule has 0 fully saturated rings. The third-order valence-electron chi connectivity index (χ3n) is 3.54. The molecule has 0 saturated carbocycles. The number of nitrogens with zero attached hydrogens (tertiary/aromatic N) is 3. The molecule has 0 spiro atoms. The molecule has 0 radical (unpaired) electrons. The van der Waals surface area contributed by atoms with E-state index in [0.29, 0.717) is 6.54 Å². The van der Waals surface area contributed by atoms with Crippen molar-refractivity contribution < 1.29 is 0 Å². The second kappa shape index (κ2) is 6.97. The van der Waals surface area contributed by atoms with E-state index in [9.17, 15) is 4.79 Å². The Balaban J connectivity index is 1.56. The van der Waals surface area contributed by atoms with Gasteiger partial charge in [0, 0.05) is 48.6 Å². The summed E-state index contributed by atoms with van der Waals surface area (Å²) in [7, 11) is 1.93. The van der Waals surface area contributed by atoms with Crippen LogP contribution in [0.3, 0.4) is 0 Å². The van der Waals surface area contributed by atoms with E-state index >= 15 is 0 Å². The van der Waals surface area contributed by atoms with Gasteiger partial charge in [-0.2, -0.15) is 0 Å². The number of benzene rings is 1. The zero-order valence-corrected chi connectivity index (χ0v) is 14.0. The molecule has 7 heteroatoms. The molecule has 0 atom stereocenters. The summed E-state index contributed by atoms with van der Waals surface area (Å²) < 4.78 is 1.90. The number of aryl methyl sites for hydroxylation is 2. The van der Waals surface area contributed by atoms with Gasteiger partial charge in [0.15, 0.2) is 10.6 Å². The zero-order chi connectivity index (χ0) is 16.2. The van der Waals surface area contributed by atoms with Crippen LogP contribution in [0.25, 0.3) is 10.9 Å². The van der Waals surface area contributed by atoms with Gasteiger partial charge in [-0.05, 0) is 19.1 Å². The van der Waals surface area contributed by atoms with Gasteiger partial charge in [-0.15, -0.1) is 10.2 Å². The molecule has 2 aromatic heterocycles. The summed E-state index contributed by atoms with van der Waals surface area (Å²) >= 11 is 1.65. The van der Waals surface area contributed by atoms with Crippen molar-refractivity contribution >= 4 is 22.7 Å². The molecule has 0 bridgehead atoms. The molecule has 0 amide bonds. The highest BCUT2D eigenvalue weighted by molar-refractivity contribution is 7.99. The van der Waals surface area contributed by atoms with Crippen LogP contribution in [0.4, 0.5) is 0 Å². The first kappa shape index (κ1) is 15.8. The number of H-pyrrole nitrogens is 1. The second-order valence-corrected chi connectivity index (χ2v) is 6.52. The van der Waals surface area contributed by atoms with Gasteiger partial charge in [0.05, 0.1) is 0 Å². The smallest absolute Gasteiger partial charge is 0.190 e. The maximum Gasteiger partial charge on any atom is 0.190 e. The summed E-state index contributed by atoms with van der Waals surface area (Å²) in [6, 6.07) is 7.56. The molecule has 0 unspecified atom stereocenters. The summed E-state index contributed by atoms with van der Waals surface area (Å²) in [4.78, 5) is 15.5. The van der Waals surface area contributed by atoms with E-state index in [1.165, 1.54) is 0 Å². The Morgan fingerprint density at radius 1 is 1.35 bits per heavy atom. The first-order chi connectivity index (χ1) is 11.1. The number of aromatic nitrogens is 4. The lowest BCUT2D eigenvalue weighted by atomic mass is 10.1. The Bertz CT molecular complexity index is 870. The van der Waals surface area contributed by atoms with Crippen molar-refractivity contribution in [3.63, 3.8) is 0 Å². The van der Waals surface area contributed by atoms with E-state index in [-0.39, 0.29) is 5.43 Å². The average molecular weight is 329 g/mol. The Kier molecular flexibility index (Phi) is 4.78. The fourth-order valence-electron chi connectivity index (χ4n) is 2.35. The number of thioether (sulfide) groups is 1. The zero-order valence-electron chi connectivity index (χ0n) is 13.2. The quantitative estimate of drug-likeness (QED) is 0.533. The lowest BCUT2D eigenvalue weighted by molar-refractivity contribution is 0.714. The minimum Gasteiger partial charge on any atom is -0.357 e. The van der Waals surface area contributed by atoms with Gasteiger partial charge >= 0.3 is 0 Å². The number of pyridine rings is 1. The maximum absolute atomic E-state index is 12.2. The van der Waals surface area contributed by atoms with Gasteiger partial charge in [0.2, 0.25) is 0 Å². The fraction of sp³-hybridized carbons (Fsp3) is 0.312. The Morgan fingerprint density at radius 2 is 2.22 bits per heavy atom. The topological polar surface area (TPSA) is 75.6 Å². The molecule has 2 N–H and O–H groups in total. The summed E-state index contributed by atoms with van der Waals surface area (Å²) in [6.07, 6.45) is 1.69.